The first kappa shape index (κ1) is 27.2. The van der Waals surface area contributed by atoms with E-state index in [1.165, 1.54) is 122 Å². The molecule has 1 heterocycles. The zero-order chi connectivity index (χ0) is 21.2. The minimum Gasteiger partial charge on any atom is -0.412 e. The van der Waals surface area contributed by atoms with Gasteiger partial charge in [-0.1, -0.05) is 103 Å². The lowest BCUT2D eigenvalue weighted by Crippen LogP contribution is -2.49. The van der Waals surface area contributed by atoms with Crippen LogP contribution in [0.1, 0.15) is 136 Å². The molecule has 174 valence electrons. The van der Waals surface area contributed by atoms with Crippen molar-refractivity contribution in [3.63, 3.8) is 0 Å². The van der Waals surface area contributed by atoms with Gasteiger partial charge in [0.05, 0.1) is 5.73 Å². The Morgan fingerprint density at radius 1 is 0.759 bits per heavy atom. The molecular formula is C26H54O2Si. The Morgan fingerprint density at radius 3 is 1.69 bits per heavy atom. The van der Waals surface area contributed by atoms with Crippen molar-refractivity contribution in [2.75, 3.05) is 6.61 Å². The van der Waals surface area contributed by atoms with E-state index in [0.717, 1.165) is 6.61 Å². The Kier molecular flexibility index (Phi) is 16.7. The molecule has 1 fully saturated rings. The molecule has 29 heavy (non-hydrogen) atoms. The summed E-state index contributed by atoms with van der Waals surface area (Å²) in [5.74, 6) is 0. The Labute approximate surface area is 185 Å². The average Bonchev–Trinajstić information content (AvgIpc) is 2.71. The van der Waals surface area contributed by atoms with Gasteiger partial charge in [-0.3, -0.25) is 0 Å². The average molecular weight is 427 g/mol. The number of ether oxygens (including phenoxy) is 1. The highest BCUT2D eigenvalue weighted by atomic mass is 28.4. The van der Waals surface area contributed by atoms with Gasteiger partial charge in [0.25, 0.3) is 0 Å². The minimum atomic E-state index is -1.70. The van der Waals surface area contributed by atoms with Crippen molar-refractivity contribution < 1.29 is 9.16 Å². The zero-order valence-electron chi connectivity index (χ0n) is 20.6. The Morgan fingerprint density at radius 2 is 1.24 bits per heavy atom. The highest BCUT2D eigenvalue weighted by Gasteiger charge is 2.37. The summed E-state index contributed by atoms with van der Waals surface area (Å²) in [6.45, 7) is 10.2. The van der Waals surface area contributed by atoms with E-state index in [9.17, 15) is 0 Å². The number of hydrogen-bond acceptors (Lipinski definition) is 2. The van der Waals surface area contributed by atoms with Crippen molar-refractivity contribution in [1.82, 2.24) is 0 Å². The van der Waals surface area contributed by atoms with Gasteiger partial charge >= 0.3 is 0 Å². The first-order valence-corrected chi connectivity index (χ1v) is 16.3. The molecule has 1 saturated heterocycles. The molecule has 0 amide bonds. The lowest BCUT2D eigenvalue weighted by atomic mass is 10.0. The number of unbranched alkanes of at least 4 members (excludes halogenated alkanes) is 14. The van der Waals surface area contributed by atoms with E-state index < -0.39 is 8.32 Å². The molecule has 1 aliphatic rings. The molecule has 0 aliphatic carbocycles. The molecule has 0 aromatic carbocycles. The Balaban J connectivity index is 1.85. The lowest BCUT2D eigenvalue weighted by molar-refractivity contribution is 0.0389. The third-order valence-electron chi connectivity index (χ3n) is 6.67. The lowest BCUT2D eigenvalue weighted by Gasteiger charge is -2.36. The maximum absolute atomic E-state index is 6.51. The van der Waals surface area contributed by atoms with Crippen LogP contribution in [-0.4, -0.2) is 26.8 Å². The van der Waals surface area contributed by atoms with Gasteiger partial charge < -0.3 is 9.16 Å². The summed E-state index contributed by atoms with van der Waals surface area (Å²) in [6, 6.07) is 0. The van der Waals surface area contributed by atoms with E-state index in [1.54, 1.807) is 0 Å². The normalized spacial score (nSPS) is 18.8. The van der Waals surface area contributed by atoms with E-state index in [2.05, 4.69) is 26.9 Å². The third kappa shape index (κ3) is 14.7. The molecule has 2 nitrogen and oxygen atoms in total. The van der Waals surface area contributed by atoms with Crippen LogP contribution in [0.3, 0.4) is 0 Å². The van der Waals surface area contributed by atoms with E-state index >= 15 is 0 Å². The molecule has 2 atom stereocenters. The minimum absolute atomic E-state index is 0.407. The second-order valence-corrected chi connectivity index (χ2v) is 14.2. The van der Waals surface area contributed by atoms with Crippen molar-refractivity contribution in [3.8, 4) is 0 Å². The molecule has 0 saturated carbocycles. The SMILES string of the molecule is CCCCCCCCCCCCCCCCCC(C)O[Si](C)(C)C1CCCCO1. The summed E-state index contributed by atoms with van der Waals surface area (Å²) in [6.07, 6.45) is 26.9. The topological polar surface area (TPSA) is 18.5 Å². The highest BCUT2D eigenvalue weighted by Crippen LogP contribution is 2.25. The maximum atomic E-state index is 6.51. The van der Waals surface area contributed by atoms with Crippen molar-refractivity contribution in [3.05, 3.63) is 0 Å². The van der Waals surface area contributed by atoms with Crippen LogP contribution >= 0.6 is 0 Å². The molecule has 3 heteroatoms. The van der Waals surface area contributed by atoms with Crippen LogP contribution in [0.5, 0.6) is 0 Å². The van der Waals surface area contributed by atoms with Gasteiger partial charge in [0.2, 0.25) is 8.32 Å². The molecule has 0 aromatic rings. The molecule has 1 rings (SSSR count). The molecule has 0 aromatic heterocycles. The summed E-state index contributed by atoms with van der Waals surface area (Å²) < 4.78 is 12.5. The molecule has 0 N–H and O–H groups in total. The van der Waals surface area contributed by atoms with Crippen LogP contribution in [0.25, 0.3) is 0 Å². The fourth-order valence-electron chi connectivity index (χ4n) is 4.75. The van der Waals surface area contributed by atoms with E-state index in [1.807, 2.05) is 0 Å². The number of hydrogen-bond donors (Lipinski definition) is 0. The van der Waals surface area contributed by atoms with E-state index in [0.29, 0.717) is 11.8 Å². The standard InChI is InChI=1S/C26H54O2Si/c1-5-6-7-8-9-10-11-12-13-14-15-16-17-18-19-22-25(2)28-29(3,4)26-23-20-21-24-27-26/h25-26H,5-24H2,1-4H3. The molecule has 1 aliphatic heterocycles. The van der Waals surface area contributed by atoms with Crippen molar-refractivity contribution >= 4 is 8.32 Å². The van der Waals surface area contributed by atoms with Gasteiger partial charge in [-0.2, -0.15) is 0 Å². The largest absolute Gasteiger partial charge is 0.412 e. The van der Waals surface area contributed by atoms with E-state index in [4.69, 9.17) is 9.16 Å². The summed E-state index contributed by atoms with van der Waals surface area (Å²) in [4.78, 5) is 0. The van der Waals surface area contributed by atoms with Crippen LogP contribution in [-0.2, 0) is 9.16 Å². The molecule has 2 unspecified atom stereocenters. The van der Waals surface area contributed by atoms with Gasteiger partial charge in [0.1, 0.15) is 0 Å². The number of rotatable bonds is 19. The highest BCUT2D eigenvalue weighted by molar-refractivity contribution is 6.72. The van der Waals surface area contributed by atoms with Crippen molar-refractivity contribution in [2.45, 2.75) is 161 Å². The first-order valence-electron chi connectivity index (χ1n) is 13.4. The van der Waals surface area contributed by atoms with Gasteiger partial charge in [0.15, 0.2) is 0 Å². The van der Waals surface area contributed by atoms with Crippen LogP contribution in [0.4, 0.5) is 0 Å². The molecule has 0 radical (unpaired) electrons. The Bertz CT molecular complexity index is 353. The predicted octanol–water partition coefficient (Wildman–Crippen LogP) is 8.97. The van der Waals surface area contributed by atoms with Gasteiger partial charge in [-0.05, 0) is 45.7 Å². The smallest absolute Gasteiger partial charge is 0.215 e. The predicted molar refractivity (Wildman–Crippen MR) is 131 cm³/mol. The molecule has 0 bridgehead atoms. The quantitative estimate of drug-likeness (QED) is 0.151. The van der Waals surface area contributed by atoms with Crippen LogP contribution in [0.2, 0.25) is 13.1 Å². The Hall–Kier alpha value is 0.137. The molecule has 0 spiro atoms. The van der Waals surface area contributed by atoms with Gasteiger partial charge in [0, 0.05) is 12.7 Å². The summed E-state index contributed by atoms with van der Waals surface area (Å²) in [5, 5.41) is 0. The second kappa shape index (κ2) is 17.8. The summed E-state index contributed by atoms with van der Waals surface area (Å²) in [7, 11) is -1.70. The summed E-state index contributed by atoms with van der Waals surface area (Å²) >= 11 is 0. The van der Waals surface area contributed by atoms with Crippen molar-refractivity contribution in [1.29, 1.82) is 0 Å². The van der Waals surface area contributed by atoms with Crippen LogP contribution < -0.4 is 0 Å². The fraction of sp³-hybridized carbons (Fsp3) is 1.00. The monoisotopic (exact) mass is 426 g/mol. The summed E-state index contributed by atoms with van der Waals surface area (Å²) in [5.41, 5.74) is 0.416. The molecular weight excluding hydrogens is 372 g/mol. The van der Waals surface area contributed by atoms with Gasteiger partial charge in [-0.15, -0.1) is 0 Å². The fourth-order valence-corrected chi connectivity index (χ4v) is 7.47. The van der Waals surface area contributed by atoms with Gasteiger partial charge in [-0.25, -0.2) is 0 Å². The second-order valence-electron chi connectivity index (χ2n) is 10.1. The van der Waals surface area contributed by atoms with E-state index in [-0.39, 0.29) is 0 Å². The third-order valence-corrected chi connectivity index (χ3v) is 9.69. The van der Waals surface area contributed by atoms with Crippen molar-refractivity contribution in [2.24, 2.45) is 0 Å². The van der Waals surface area contributed by atoms with Crippen LogP contribution in [0.15, 0.2) is 0 Å². The maximum Gasteiger partial charge on any atom is 0.215 e. The van der Waals surface area contributed by atoms with Crippen LogP contribution in [0, 0.1) is 0 Å². The first-order chi connectivity index (χ1) is 14.1. The zero-order valence-corrected chi connectivity index (χ0v) is 21.6.